The van der Waals surface area contributed by atoms with E-state index in [9.17, 15) is 9.59 Å². The maximum atomic E-state index is 12.6. The van der Waals surface area contributed by atoms with Crippen molar-refractivity contribution < 1.29 is 19.1 Å². The Morgan fingerprint density at radius 2 is 0.947 bits per heavy atom. The Morgan fingerprint density at radius 3 is 1.34 bits per heavy atom. The number of halogens is 2. The number of rotatable bonds is 6. The molecular formula is C32H26Cl2O4. The van der Waals surface area contributed by atoms with Gasteiger partial charge in [0.15, 0.2) is 0 Å². The van der Waals surface area contributed by atoms with Gasteiger partial charge in [0, 0.05) is 5.41 Å². The third-order valence-electron chi connectivity index (χ3n) is 7.13. The van der Waals surface area contributed by atoms with E-state index < -0.39 is 11.9 Å². The summed E-state index contributed by atoms with van der Waals surface area (Å²) in [5, 5.41) is 0.715. The molecule has 5 rings (SSSR count). The fourth-order valence-corrected chi connectivity index (χ4v) is 5.59. The van der Waals surface area contributed by atoms with Crippen molar-refractivity contribution in [3.05, 3.63) is 129 Å². The molecule has 0 heterocycles. The van der Waals surface area contributed by atoms with Gasteiger partial charge in [-0.15, -0.1) is 0 Å². The summed E-state index contributed by atoms with van der Waals surface area (Å²) in [5.41, 5.74) is 2.81. The molecule has 1 fully saturated rings. The second-order valence-electron chi connectivity index (χ2n) is 9.43. The van der Waals surface area contributed by atoms with Crippen LogP contribution in [0.4, 0.5) is 0 Å². The quantitative estimate of drug-likeness (QED) is 0.180. The van der Waals surface area contributed by atoms with E-state index in [0.29, 0.717) is 32.7 Å². The highest BCUT2D eigenvalue weighted by molar-refractivity contribution is 6.34. The number of hydrogen-bond acceptors (Lipinski definition) is 4. The molecule has 0 spiro atoms. The fraction of sp³-hybridized carbons (Fsp3) is 0.188. The lowest BCUT2D eigenvalue weighted by Crippen LogP contribution is -2.30. The number of esters is 2. The van der Waals surface area contributed by atoms with Crippen LogP contribution < -0.4 is 9.47 Å². The summed E-state index contributed by atoms with van der Waals surface area (Å²) in [4.78, 5) is 25.1. The number of ether oxygens (including phenoxy) is 2. The van der Waals surface area contributed by atoms with Crippen LogP contribution in [0.25, 0.3) is 0 Å². The topological polar surface area (TPSA) is 52.6 Å². The van der Waals surface area contributed by atoms with E-state index in [0.717, 1.165) is 36.8 Å². The Bertz CT molecular complexity index is 1330. The Labute approximate surface area is 232 Å². The van der Waals surface area contributed by atoms with Gasteiger partial charge >= 0.3 is 11.9 Å². The van der Waals surface area contributed by atoms with E-state index >= 15 is 0 Å². The first-order valence-electron chi connectivity index (χ1n) is 12.6. The Balaban J connectivity index is 1.35. The monoisotopic (exact) mass is 544 g/mol. The average Bonchev–Trinajstić information content (AvgIpc) is 2.94. The van der Waals surface area contributed by atoms with Crippen LogP contribution in [0, 0.1) is 0 Å². The highest BCUT2D eigenvalue weighted by atomic mass is 35.5. The molecule has 0 unspecified atom stereocenters. The van der Waals surface area contributed by atoms with Crippen molar-refractivity contribution in [3.63, 3.8) is 0 Å². The predicted molar refractivity (Wildman–Crippen MR) is 150 cm³/mol. The summed E-state index contributed by atoms with van der Waals surface area (Å²) < 4.78 is 11.2. The second-order valence-corrected chi connectivity index (χ2v) is 10.2. The molecule has 6 heteroatoms. The normalized spacial score (nSPS) is 14.5. The molecule has 1 saturated carbocycles. The van der Waals surface area contributed by atoms with E-state index in [1.165, 1.54) is 6.42 Å². The number of carbonyl (C=O) groups excluding carboxylic acids is 2. The van der Waals surface area contributed by atoms with Gasteiger partial charge in [-0.2, -0.15) is 0 Å². The van der Waals surface area contributed by atoms with Crippen LogP contribution in [0.2, 0.25) is 10.0 Å². The molecular weight excluding hydrogens is 519 g/mol. The molecule has 0 radical (unpaired) electrons. The van der Waals surface area contributed by atoms with Gasteiger partial charge in [-0.1, -0.05) is 91.0 Å². The minimum Gasteiger partial charge on any atom is -0.423 e. The summed E-state index contributed by atoms with van der Waals surface area (Å²) >= 11 is 12.3. The highest BCUT2D eigenvalue weighted by Gasteiger charge is 2.35. The Morgan fingerprint density at radius 1 is 0.553 bits per heavy atom. The molecule has 4 nitrogen and oxygen atoms in total. The van der Waals surface area contributed by atoms with E-state index in [2.05, 4.69) is 0 Å². The smallest absolute Gasteiger partial charge is 0.345 e. The lowest BCUT2D eigenvalue weighted by Gasteiger charge is -2.38. The Kier molecular flexibility index (Phi) is 7.82. The average molecular weight is 545 g/mol. The van der Waals surface area contributed by atoms with Crippen molar-refractivity contribution >= 4 is 35.1 Å². The standard InChI is InChI=1S/C32H26Cl2O4/c33-28-10-4-2-8-26(28)30(35)37-24-16-12-22(13-17-24)32(20-6-1-7-21-32)23-14-18-25(19-15-23)38-31(36)27-9-3-5-11-29(27)34/h2-5,8-19H,1,6-7,20-21H2. The SMILES string of the molecule is O=C(Oc1ccc(C2(c3ccc(OC(=O)c4ccccc4Cl)cc3)CCCCC2)cc1)c1ccccc1Cl. The molecule has 0 amide bonds. The van der Waals surface area contributed by atoms with Crippen LogP contribution in [0.1, 0.15) is 63.9 Å². The molecule has 192 valence electrons. The number of carbonyl (C=O) groups is 2. The van der Waals surface area contributed by atoms with Crippen molar-refractivity contribution in [2.45, 2.75) is 37.5 Å². The zero-order chi connectivity index (χ0) is 26.5. The molecule has 4 aromatic carbocycles. The lowest BCUT2D eigenvalue weighted by atomic mass is 9.65. The summed E-state index contributed by atoms with van der Waals surface area (Å²) in [5.74, 6) is -0.0479. The van der Waals surface area contributed by atoms with Gasteiger partial charge < -0.3 is 9.47 Å². The Hall–Kier alpha value is -3.60. The van der Waals surface area contributed by atoms with Gasteiger partial charge in [-0.25, -0.2) is 9.59 Å². The molecule has 1 aliphatic carbocycles. The molecule has 0 atom stereocenters. The van der Waals surface area contributed by atoms with Crippen LogP contribution in [0.15, 0.2) is 97.1 Å². The van der Waals surface area contributed by atoms with Crippen LogP contribution in [0.3, 0.4) is 0 Å². The van der Waals surface area contributed by atoms with Gasteiger partial charge in [0.2, 0.25) is 0 Å². The third kappa shape index (κ3) is 5.47. The van der Waals surface area contributed by atoms with Gasteiger partial charge in [0.05, 0.1) is 21.2 Å². The van der Waals surface area contributed by atoms with Crippen molar-refractivity contribution in [2.75, 3.05) is 0 Å². The van der Waals surface area contributed by atoms with Crippen molar-refractivity contribution in [1.82, 2.24) is 0 Å². The first-order valence-corrected chi connectivity index (χ1v) is 13.4. The van der Waals surface area contributed by atoms with Crippen LogP contribution >= 0.6 is 23.2 Å². The summed E-state index contributed by atoms with van der Waals surface area (Å²) in [6.45, 7) is 0. The number of hydrogen-bond donors (Lipinski definition) is 0. The second kappa shape index (κ2) is 11.4. The third-order valence-corrected chi connectivity index (χ3v) is 7.79. The molecule has 38 heavy (non-hydrogen) atoms. The van der Waals surface area contributed by atoms with Gasteiger partial charge in [0.25, 0.3) is 0 Å². The summed E-state index contributed by atoms with van der Waals surface area (Å²) in [6.07, 6.45) is 5.44. The maximum Gasteiger partial charge on any atom is 0.345 e. The predicted octanol–water partition coefficient (Wildman–Crippen LogP) is 8.68. The van der Waals surface area contributed by atoms with Gasteiger partial charge in [-0.05, 0) is 72.5 Å². The lowest BCUT2D eigenvalue weighted by molar-refractivity contribution is 0.0725. The van der Waals surface area contributed by atoms with Crippen LogP contribution in [0.5, 0.6) is 11.5 Å². The van der Waals surface area contributed by atoms with Crippen molar-refractivity contribution in [3.8, 4) is 11.5 Å². The van der Waals surface area contributed by atoms with Crippen LogP contribution in [-0.2, 0) is 5.41 Å². The zero-order valence-corrected chi connectivity index (χ0v) is 22.2. The van der Waals surface area contributed by atoms with Gasteiger partial charge in [0.1, 0.15) is 11.5 Å². The van der Waals surface area contributed by atoms with E-state index in [4.69, 9.17) is 32.7 Å². The largest absolute Gasteiger partial charge is 0.423 e. The van der Waals surface area contributed by atoms with E-state index in [1.807, 2.05) is 48.5 Å². The van der Waals surface area contributed by atoms with E-state index in [1.54, 1.807) is 48.5 Å². The minimum atomic E-state index is -0.488. The number of benzene rings is 4. The molecule has 1 aliphatic rings. The van der Waals surface area contributed by atoms with Gasteiger partial charge in [-0.3, -0.25) is 0 Å². The molecule has 0 saturated heterocycles. The summed E-state index contributed by atoms with van der Waals surface area (Å²) in [6, 6.07) is 29.1. The van der Waals surface area contributed by atoms with Crippen LogP contribution in [-0.4, -0.2) is 11.9 Å². The minimum absolute atomic E-state index is 0.172. The first kappa shape index (κ1) is 26.0. The van der Waals surface area contributed by atoms with E-state index in [-0.39, 0.29) is 5.41 Å². The molecule has 0 bridgehead atoms. The molecule has 0 aromatic heterocycles. The fourth-order valence-electron chi connectivity index (χ4n) is 5.16. The van der Waals surface area contributed by atoms with Crippen molar-refractivity contribution in [1.29, 1.82) is 0 Å². The maximum absolute atomic E-state index is 12.6. The summed E-state index contributed by atoms with van der Waals surface area (Å²) in [7, 11) is 0. The molecule has 0 aliphatic heterocycles. The zero-order valence-electron chi connectivity index (χ0n) is 20.7. The molecule has 0 N–H and O–H groups in total. The first-order chi connectivity index (χ1) is 18.5. The van der Waals surface area contributed by atoms with Crippen molar-refractivity contribution in [2.24, 2.45) is 0 Å². The highest BCUT2D eigenvalue weighted by Crippen LogP contribution is 2.45. The molecule has 4 aromatic rings.